The smallest absolute Gasteiger partial charge is 0.399 e. The molecule has 0 amide bonds. The lowest BCUT2D eigenvalue weighted by molar-refractivity contribution is -0.00876. The van der Waals surface area contributed by atoms with Gasteiger partial charge in [0.25, 0.3) is 0 Å². The van der Waals surface area contributed by atoms with Gasteiger partial charge in [-0.2, -0.15) is 0 Å². The highest BCUT2D eigenvalue weighted by molar-refractivity contribution is 7.18. The summed E-state index contributed by atoms with van der Waals surface area (Å²) in [4.78, 5) is 4.77. The predicted octanol–water partition coefficient (Wildman–Crippen LogP) is 3.82. The second-order valence-electron chi connectivity index (χ2n) is 6.97. The third-order valence-electron chi connectivity index (χ3n) is 4.94. The number of rotatable bonds is 3. The fourth-order valence-electron chi connectivity index (χ4n) is 3.08. The average Bonchev–Trinajstić information content (AvgIpc) is 3.06. The van der Waals surface area contributed by atoms with Crippen LogP contribution in [0.5, 0.6) is 0 Å². The summed E-state index contributed by atoms with van der Waals surface area (Å²) < 4.78 is 13.9. The van der Waals surface area contributed by atoms with E-state index in [0.29, 0.717) is 0 Å². The molecule has 0 aliphatic carbocycles. The lowest BCUT2D eigenvalue weighted by Crippen LogP contribution is -2.46. The quantitative estimate of drug-likeness (QED) is 0.681. The maximum atomic E-state index is 6.39. The van der Waals surface area contributed by atoms with Crippen LogP contribution in [0.3, 0.4) is 0 Å². The zero-order valence-corrected chi connectivity index (χ0v) is 15.0. The lowest BCUT2D eigenvalue weighted by atomic mass is 9.79. The van der Waals surface area contributed by atoms with Crippen molar-refractivity contribution in [2.24, 2.45) is 0 Å². The highest BCUT2D eigenvalue weighted by Crippen LogP contribution is 2.40. The van der Waals surface area contributed by atoms with E-state index in [1.165, 1.54) is 4.70 Å². The molecule has 4 rings (SSSR count). The van der Waals surface area contributed by atoms with Crippen molar-refractivity contribution in [1.82, 2.24) is 4.98 Å². The van der Waals surface area contributed by atoms with Gasteiger partial charge in [-0.25, -0.2) is 4.98 Å². The molecule has 2 heterocycles. The third-order valence-corrected chi connectivity index (χ3v) is 5.98. The van der Waals surface area contributed by atoms with Crippen LogP contribution < -0.4 is 5.46 Å². The average molecular weight is 337 g/mol. The maximum Gasteiger partial charge on any atom is 0.494 e. The monoisotopic (exact) mass is 337 g/mol. The standard InChI is InChI=1S/C19H20BNO2S/c1-18(2)19(3,23-20(22-18)14-9-5-4-6-10-14)13-17-21-15-11-7-8-12-16(15)24-17/h4-12H,13H2,1-3H3. The Morgan fingerprint density at radius 3 is 2.42 bits per heavy atom. The summed E-state index contributed by atoms with van der Waals surface area (Å²) in [7, 11) is -0.333. The van der Waals surface area contributed by atoms with Crippen LogP contribution in [-0.2, 0) is 15.7 Å². The van der Waals surface area contributed by atoms with Gasteiger partial charge in [-0.3, -0.25) is 0 Å². The first-order valence-electron chi connectivity index (χ1n) is 8.22. The molecule has 122 valence electrons. The highest BCUT2D eigenvalue weighted by Gasteiger charge is 2.54. The minimum Gasteiger partial charge on any atom is -0.399 e. The molecule has 2 aromatic carbocycles. The minimum absolute atomic E-state index is 0.333. The van der Waals surface area contributed by atoms with Crippen LogP contribution >= 0.6 is 11.3 Å². The van der Waals surface area contributed by atoms with E-state index < -0.39 is 11.2 Å². The summed E-state index contributed by atoms with van der Waals surface area (Å²) >= 11 is 1.73. The van der Waals surface area contributed by atoms with E-state index in [2.05, 4.69) is 39.0 Å². The number of fused-ring (bicyclic) bond motifs is 1. The first kappa shape index (κ1) is 15.8. The summed E-state index contributed by atoms with van der Waals surface area (Å²) in [5.74, 6) is 0. The van der Waals surface area contributed by atoms with Crippen molar-refractivity contribution in [3.05, 3.63) is 59.6 Å². The van der Waals surface area contributed by atoms with Gasteiger partial charge in [-0.1, -0.05) is 42.5 Å². The first-order valence-corrected chi connectivity index (χ1v) is 9.04. The number of hydrogen-bond acceptors (Lipinski definition) is 4. The molecule has 0 bridgehead atoms. The Balaban J connectivity index is 1.63. The van der Waals surface area contributed by atoms with Crippen LogP contribution in [-0.4, -0.2) is 23.3 Å². The largest absolute Gasteiger partial charge is 0.494 e. The lowest BCUT2D eigenvalue weighted by Gasteiger charge is -2.35. The van der Waals surface area contributed by atoms with Crippen LogP contribution in [0.2, 0.25) is 0 Å². The molecule has 1 saturated heterocycles. The fraction of sp³-hybridized carbons (Fsp3) is 0.316. The molecule has 3 aromatic rings. The molecule has 24 heavy (non-hydrogen) atoms. The molecule has 1 unspecified atom stereocenters. The zero-order valence-electron chi connectivity index (χ0n) is 14.2. The van der Waals surface area contributed by atoms with Crippen LogP contribution in [0.4, 0.5) is 0 Å². The number of nitrogens with zero attached hydrogens (tertiary/aromatic N) is 1. The summed E-state index contributed by atoms with van der Waals surface area (Å²) in [6, 6.07) is 18.4. The molecule has 1 fully saturated rings. The number of aromatic nitrogens is 1. The molecule has 0 saturated carbocycles. The Morgan fingerprint density at radius 2 is 1.67 bits per heavy atom. The van der Waals surface area contributed by atoms with Crippen molar-refractivity contribution in [2.75, 3.05) is 0 Å². The SMILES string of the molecule is CC1(C)OB(c2ccccc2)OC1(C)Cc1nc2ccccc2s1. The van der Waals surface area contributed by atoms with Gasteiger partial charge in [-0.15, -0.1) is 11.3 Å². The highest BCUT2D eigenvalue weighted by atomic mass is 32.1. The van der Waals surface area contributed by atoms with Crippen molar-refractivity contribution in [2.45, 2.75) is 38.4 Å². The molecule has 1 aromatic heterocycles. The Morgan fingerprint density at radius 1 is 0.958 bits per heavy atom. The molecule has 1 aliphatic heterocycles. The second-order valence-corrected chi connectivity index (χ2v) is 8.09. The van der Waals surface area contributed by atoms with Gasteiger partial charge in [0.1, 0.15) is 0 Å². The first-order chi connectivity index (χ1) is 11.5. The minimum atomic E-state index is -0.429. The van der Waals surface area contributed by atoms with Crippen LogP contribution in [0, 0.1) is 0 Å². The molecular formula is C19H20BNO2S. The van der Waals surface area contributed by atoms with Crippen LogP contribution in [0.1, 0.15) is 25.8 Å². The van der Waals surface area contributed by atoms with E-state index in [4.69, 9.17) is 14.3 Å². The van der Waals surface area contributed by atoms with E-state index in [1.807, 2.05) is 36.4 Å². The van der Waals surface area contributed by atoms with Gasteiger partial charge in [0, 0.05) is 6.42 Å². The molecule has 5 heteroatoms. The molecule has 0 spiro atoms. The topological polar surface area (TPSA) is 31.4 Å². The summed E-state index contributed by atoms with van der Waals surface area (Å²) in [6.45, 7) is 6.33. The number of thiazole rings is 1. The fourth-order valence-corrected chi connectivity index (χ4v) is 4.19. The van der Waals surface area contributed by atoms with E-state index >= 15 is 0 Å². The van der Waals surface area contributed by atoms with E-state index in [0.717, 1.165) is 22.4 Å². The number of para-hydroxylation sites is 1. The van der Waals surface area contributed by atoms with Crippen molar-refractivity contribution in [1.29, 1.82) is 0 Å². The van der Waals surface area contributed by atoms with Crippen molar-refractivity contribution in [3.63, 3.8) is 0 Å². The normalized spacial score (nSPS) is 23.0. The summed E-state index contributed by atoms with van der Waals surface area (Å²) in [5, 5.41) is 1.09. The van der Waals surface area contributed by atoms with Crippen molar-refractivity contribution >= 4 is 34.1 Å². The van der Waals surface area contributed by atoms with E-state index in [-0.39, 0.29) is 7.12 Å². The van der Waals surface area contributed by atoms with E-state index in [9.17, 15) is 0 Å². The number of hydrogen-bond donors (Lipinski definition) is 0. The summed E-state index contributed by atoms with van der Waals surface area (Å²) in [6.07, 6.45) is 0.739. The van der Waals surface area contributed by atoms with Crippen LogP contribution in [0.15, 0.2) is 54.6 Å². The molecule has 1 aliphatic rings. The van der Waals surface area contributed by atoms with Crippen LogP contribution in [0.25, 0.3) is 10.2 Å². The summed E-state index contributed by atoms with van der Waals surface area (Å²) in [5.41, 5.74) is 1.28. The van der Waals surface area contributed by atoms with Crippen molar-refractivity contribution < 1.29 is 9.31 Å². The van der Waals surface area contributed by atoms with Gasteiger partial charge < -0.3 is 9.31 Å². The maximum absolute atomic E-state index is 6.39. The van der Waals surface area contributed by atoms with E-state index in [1.54, 1.807) is 11.3 Å². The molecule has 0 radical (unpaired) electrons. The van der Waals surface area contributed by atoms with Gasteiger partial charge in [0.2, 0.25) is 0 Å². The molecule has 3 nitrogen and oxygen atoms in total. The predicted molar refractivity (Wildman–Crippen MR) is 99.8 cm³/mol. The number of benzene rings is 2. The Kier molecular flexibility index (Phi) is 3.75. The Bertz CT molecular complexity index is 831. The van der Waals surface area contributed by atoms with Gasteiger partial charge in [0.15, 0.2) is 0 Å². The zero-order chi connectivity index (χ0) is 16.8. The molecular weight excluding hydrogens is 317 g/mol. The van der Waals surface area contributed by atoms with Gasteiger partial charge >= 0.3 is 7.12 Å². The third kappa shape index (κ3) is 2.67. The second kappa shape index (κ2) is 5.69. The van der Waals surface area contributed by atoms with Crippen molar-refractivity contribution in [3.8, 4) is 0 Å². The Labute approximate surface area is 146 Å². The Hall–Kier alpha value is -1.69. The van der Waals surface area contributed by atoms with Gasteiger partial charge in [-0.05, 0) is 38.4 Å². The molecule has 0 N–H and O–H groups in total. The van der Waals surface area contributed by atoms with Gasteiger partial charge in [0.05, 0.1) is 26.4 Å². The molecule has 1 atom stereocenters.